The van der Waals surface area contributed by atoms with Crippen molar-refractivity contribution in [2.45, 2.75) is 44.7 Å². The normalized spacial score (nSPS) is 18.2. The summed E-state index contributed by atoms with van der Waals surface area (Å²) in [7, 11) is 0. The van der Waals surface area contributed by atoms with Gasteiger partial charge in [0.2, 0.25) is 0 Å². The maximum atomic E-state index is 11.4. The highest BCUT2D eigenvalue weighted by Crippen LogP contribution is 2.25. The standard InChI is InChI=1S/C21H25NO3/c23-19-12-9-16(10-13-19)8-11-18-6-3-4-14-22(18)15-17-5-1-2-7-20(17)21(24)25/h1-2,5,7,9-10,12-13,18,23H,3-4,6,8,11,14-15H2,(H,24,25)/t18-/m1/s1. The summed E-state index contributed by atoms with van der Waals surface area (Å²) in [6.45, 7) is 1.72. The van der Waals surface area contributed by atoms with Gasteiger partial charge in [-0.15, -0.1) is 0 Å². The molecule has 1 saturated heterocycles. The summed E-state index contributed by atoms with van der Waals surface area (Å²) in [6, 6.07) is 15.2. The Labute approximate surface area is 148 Å². The third-order valence-electron chi connectivity index (χ3n) is 5.07. The molecule has 1 heterocycles. The highest BCUT2D eigenvalue weighted by atomic mass is 16.4. The number of aromatic carboxylic acids is 1. The molecule has 132 valence electrons. The first-order valence-corrected chi connectivity index (χ1v) is 8.96. The number of hydrogen-bond acceptors (Lipinski definition) is 3. The molecule has 4 nitrogen and oxygen atoms in total. The Hall–Kier alpha value is -2.33. The highest BCUT2D eigenvalue weighted by molar-refractivity contribution is 5.89. The summed E-state index contributed by atoms with van der Waals surface area (Å²) < 4.78 is 0. The molecule has 1 aliphatic rings. The molecule has 0 radical (unpaired) electrons. The van der Waals surface area contributed by atoms with Crippen molar-refractivity contribution < 1.29 is 15.0 Å². The van der Waals surface area contributed by atoms with E-state index in [2.05, 4.69) is 4.90 Å². The van der Waals surface area contributed by atoms with Gasteiger partial charge < -0.3 is 10.2 Å². The Kier molecular flexibility index (Phi) is 5.71. The lowest BCUT2D eigenvalue weighted by Gasteiger charge is -2.36. The topological polar surface area (TPSA) is 60.8 Å². The number of rotatable bonds is 6. The van der Waals surface area contributed by atoms with Crippen LogP contribution in [-0.4, -0.2) is 33.7 Å². The van der Waals surface area contributed by atoms with Gasteiger partial charge >= 0.3 is 5.97 Å². The second-order valence-corrected chi connectivity index (χ2v) is 6.79. The predicted octanol–water partition coefficient (Wildman–Crippen LogP) is 4.08. The number of nitrogens with zero attached hydrogens (tertiary/aromatic N) is 1. The van der Waals surface area contributed by atoms with Crippen LogP contribution in [0, 0.1) is 0 Å². The van der Waals surface area contributed by atoms with Gasteiger partial charge in [0.15, 0.2) is 0 Å². The Bertz CT molecular complexity index is 711. The highest BCUT2D eigenvalue weighted by Gasteiger charge is 2.23. The van der Waals surface area contributed by atoms with Crippen molar-refractivity contribution in [3.8, 4) is 5.75 Å². The first kappa shape index (κ1) is 17.5. The molecular weight excluding hydrogens is 314 g/mol. The van der Waals surface area contributed by atoms with Gasteiger partial charge in [0.1, 0.15) is 5.75 Å². The van der Waals surface area contributed by atoms with E-state index >= 15 is 0 Å². The van der Waals surface area contributed by atoms with E-state index in [0.717, 1.165) is 31.4 Å². The van der Waals surface area contributed by atoms with Gasteiger partial charge in [-0.05, 0) is 61.6 Å². The maximum absolute atomic E-state index is 11.4. The molecule has 2 N–H and O–H groups in total. The van der Waals surface area contributed by atoms with Crippen LogP contribution < -0.4 is 0 Å². The van der Waals surface area contributed by atoms with Crippen LogP contribution in [0.4, 0.5) is 0 Å². The fourth-order valence-corrected chi connectivity index (χ4v) is 3.68. The summed E-state index contributed by atoms with van der Waals surface area (Å²) in [5.74, 6) is -0.554. The zero-order valence-electron chi connectivity index (χ0n) is 14.4. The minimum Gasteiger partial charge on any atom is -0.508 e. The number of carboxylic acid groups (broad SMARTS) is 1. The lowest BCUT2D eigenvalue weighted by molar-refractivity contribution is 0.0692. The molecular formula is C21H25NO3. The van der Waals surface area contributed by atoms with Crippen LogP contribution in [0.15, 0.2) is 48.5 Å². The van der Waals surface area contributed by atoms with Crippen LogP contribution in [0.1, 0.15) is 47.2 Å². The summed E-state index contributed by atoms with van der Waals surface area (Å²) in [4.78, 5) is 13.9. The van der Waals surface area contributed by atoms with Gasteiger partial charge in [-0.3, -0.25) is 4.90 Å². The third kappa shape index (κ3) is 4.60. The minimum absolute atomic E-state index is 0.299. The predicted molar refractivity (Wildman–Crippen MR) is 97.9 cm³/mol. The van der Waals surface area contributed by atoms with E-state index in [1.807, 2.05) is 24.3 Å². The number of phenols is 1. The van der Waals surface area contributed by atoms with Gasteiger partial charge in [-0.25, -0.2) is 4.79 Å². The molecule has 2 aromatic rings. The van der Waals surface area contributed by atoms with Crippen LogP contribution >= 0.6 is 0 Å². The molecule has 25 heavy (non-hydrogen) atoms. The van der Waals surface area contributed by atoms with Crippen LogP contribution in [0.25, 0.3) is 0 Å². The molecule has 0 aromatic heterocycles. The first-order chi connectivity index (χ1) is 12.1. The van der Waals surface area contributed by atoms with Crippen molar-refractivity contribution >= 4 is 5.97 Å². The van der Waals surface area contributed by atoms with E-state index in [4.69, 9.17) is 0 Å². The smallest absolute Gasteiger partial charge is 0.336 e. The van der Waals surface area contributed by atoms with E-state index < -0.39 is 5.97 Å². The molecule has 0 spiro atoms. The number of aromatic hydroxyl groups is 1. The van der Waals surface area contributed by atoms with Crippen molar-refractivity contribution in [1.29, 1.82) is 0 Å². The van der Waals surface area contributed by atoms with Crippen LogP contribution in [0.3, 0.4) is 0 Å². The van der Waals surface area contributed by atoms with Crippen molar-refractivity contribution in [2.75, 3.05) is 6.54 Å². The second-order valence-electron chi connectivity index (χ2n) is 6.79. The average Bonchev–Trinajstić information content (AvgIpc) is 2.62. The molecule has 0 amide bonds. The Balaban J connectivity index is 1.67. The molecule has 1 fully saturated rings. The Morgan fingerprint density at radius 2 is 1.84 bits per heavy atom. The molecule has 0 unspecified atom stereocenters. The third-order valence-corrected chi connectivity index (χ3v) is 5.07. The molecule has 4 heteroatoms. The summed E-state index contributed by atoms with van der Waals surface area (Å²) in [5.41, 5.74) is 2.53. The van der Waals surface area contributed by atoms with Gasteiger partial charge in [0.05, 0.1) is 5.56 Å². The number of piperidine rings is 1. The van der Waals surface area contributed by atoms with Crippen LogP contribution in [-0.2, 0) is 13.0 Å². The largest absolute Gasteiger partial charge is 0.508 e. The Morgan fingerprint density at radius 3 is 2.60 bits per heavy atom. The van der Waals surface area contributed by atoms with Crippen LogP contribution in [0.5, 0.6) is 5.75 Å². The molecule has 1 aliphatic heterocycles. The quantitative estimate of drug-likeness (QED) is 0.832. The monoisotopic (exact) mass is 339 g/mol. The summed E-state index contributed by atoms with van der Waals surface area (Å²) in [6.07, 6.45) is 5.59. The zero-order chi connectivity index (χ0) is 17.6. The number of likely N-dealkylation sites (tertiary alicyclic amines) is 1. The number of carbonyl (C=O) groups is 1. The molecule has 3 rings (SSSR count). The van der Waals surface area contributed by atoms with E-state index in [9.17, 15) is 15.0 Å². The molecule has 2 aromatic carbocycles. The number of phenolic OH excluding ortho intramolecular Hbond substituents is 1. The van der Waals surface area contributed by atoms with Crippen molar-refractivity contribution in [2.24, 2.45) is 0 Å². The number of aryl methyl sites for hydroxylation is 1. The van der Waals surface area contributed by atoms with Crippen molar-refractivity contribution in [3.63, 3.8) is 0 Å². The van der Waals surface area contributed by atoms with Gasteiger partial charge in [-0.2, -0.15) is 0 Å². The number of hydrogen-bond donors (Lipinski definition) is 2. The minimum atomic E-state index is -0.853. The fourth-order valence-electron chi connectivity index (χ4n) is 3.68. The lowest BCUT2D eigenvalue weighted by atomic mass is 9.94. The molecule has 0 saturated carbocycles. The average molecular weight is 339 g/mol. The second kappa shape index (κ2) is 8.17. The lowest BCUT2D eigenvalue weighted by Crippen LogP contribution is -2.39. The van der Waals surface area contributed by atoms with Crippen LogP contribution in [0.2, 0.25) is 0 Å². The van der Waals surface area contributed by atoms with Crippen molar-refractivity contribution in [3.05, 3.63) is 65.2 Å². The molecule has 0 bridgehead atoms. The van der Waals surface area contributed by atoms with Gasteiger partial charge in [0, 0.05) is 12.6 Å². The Morgan fingerprint density at radius 1 is 1.08 bits per heavy atom. The maximum Gasteiger partial charge on any atom is 0.336 e. The van der Waals surface area contributed by atoms with Gasteiger partial charge in [0.25, 0.3) is 0 Å². The zero-order valence-corrected chi connectivity index (χ0v) is 14.4. The SMILES string of the molecule is O=C(O)c1ccccc1CN1CCCC[C@@H]1CCc1ccc(O)cc1. The van der Waals surface area contributed by atoms with E-state index in [-0.39, 0.29) is 0 Å². The van der Waals surface area contributed by atoms with Gasteiger partial charge in [-0.1, -0.05) is 36.8 Å². The number of benzene rings is 2. The number of carboxylic acids is 1. The van der Waals surface area contributed by atoms with E-state index in [1.54, 1.807) is 24.3 Å². The van der Waals surface area contributed by atoms with E-state index in [1.165, 1.54) is 18.4 Å². The van der Waals surface area contributed by atoms with E-state index in [0.29, 0.717) is 23.9 Å². The fraction of sp³-hybridized carbons (Fsp3) is 0.381. The molecule has 0 aliphatic carbocycles. The first-order valence-electron chi connectivity index (χ1n) is 8.96. The summed E-state index contributed by atoms with van der Waals surface area (Å²) >= 11 is 0. The summed E-state index contributed by atoms with van der Waals surface area (Å²) in [5, 5.41) is 18.8. The van der Waals surface area contributed by atoms with Crippen molar-refractivity contribution in [1.82, 2.24) is 4.90 Å². The molecule has 1 atom stereocenters.